The van der Waals surface area contributed by atoms with Crippen LogP contribution in [0.3, 0.4) is 0 Å². The molecule has 0 aliphatic carbocycles. The molecule has 0 aromatic rings. The Balaban J connectivity index is 5.21. The van der Waals surface area contributed by atoms with Crippen molar-refractivity contribution in [2.75, 3.05) is 6.26 Å². The van der Waals surface area contributed by atoms with Gasteiger partial charge < -0.3 is 0 Å². The molecule has 0 amide bonds. The van der Waals surface area contributed by atoms with Gasteiger partial charge in [-0.05, 0) is 26.3 Å². The van der Waals surface area contributed by atoms with Crippen molar-refractivity contribution in [2.24, 2.45) is 0 Å². The van der Waals surface area contributed by atoms with Gasteiger partial charge in [0.25, 0.3) is 0 Å². The van der Waals surface area contributed by atoms with Crippen molar-refractivity contribution in [1.82, 2.24) is 0 Å². The summed E-state index contributed by atoms with van der Waals surface area (Å²) in [5.41, 5.74) is 0.913. The van der Waals surface area contributed by atoms with E-state index in [1.807, 2.05) is 20.8 Å². The SMILES string of the molecule is C/C=C\C(=C(\C)CC)S(C)(=O)=O. The summed E-state index contributed by atoms with van der Waals surface area (Å²) in [6, 6.07) is 0. The van der Waals surface area contributed by atoms with Crippen molar-refractivity contribution in [3.05, 3.63) is 22.6 Å². The van der Waals surface area contributed by atoms with E-state index in [1.165, 1.54) is 6.26 Å². The third-order valence-corrected chi connectivity index (χ3v) is 2.95. The van der Waals surface area contributed by atoms with Gasteiger partial charge in [-0.2, -0.15) is 0 Å². The Morgan fingerprint density at radius 1 is 1.42 bits per heavy atom. The first kappa shape index (κ1) is 11.4. The summed E-state index contributed by atoms with van der Waals surface area (Å²) < 4.78 is 22.4. The molecule has 0 radical (unpaired) electrons. The summed E-state index contributed by atoms with van der Waals surface area (Å²) in [5.74, 6) is 0. The Morgan fingerprint density at radius 2 is 1.92 bits per heavy atom. The molecule has 0 rings (SSSR count). The standard InChI is InChI=1S/C9H16O2S/c1-5-7-9(8(3)6-2)12(4,10)11/h5,7H,6H2,1-4H3/b7-5-,9-8+. The van der Waals surface area contributed by atoms with Gasteiger partial charge in [0.15, 0.2) is 9.84 Å². The highest BCUT2D eigenvalue weighted by atomic mass is 32.2. The molecule has 0 atom stereocenters. The van der Waals surface area contributed by atoms with E-state index in [1.54, 1.807) is 12.2 Å². The second-order valence-corrected chi connectivity index (χ2v) is 4.75. The van der Waals surface area contributed by atoms with Gasteiger partial charge in [-0.15, -0.1) is 0 Å². The van der Waals surface area contributed by atoms with Crippen LogP contribution in [0.5, 0.6) is 0 Å². The average Bonchev–Trinajstić information content (AvgIpc) is 1.96. The maximum Gasteiger partial charge on any atom is 0.175 e. The normalized spacial score (nSPS) is 15.0. The molecule has 0 aromatic heterocycles. The molecule has 0 spiro atoms. The van der Waals surface area contributed by atoms with Gasteiger partial charge in [0.2, 0.25) is 0 Å². The molecule has 70 valence electrons. The van der Waals surface area contributed by atoms with Crippen LogP contribution in [0, 0.1) is 0 Å². The molecule has 12 heavy (non-hydrogen) atoms. The fourth-order valence-corrected chi connectivity index (χ4v) is 2.07. The molecular weight excluding hydrogens is 172 g/mol. The molecule has 0 aromatic carbocycles. The fraction of sp³-hybridized carbons (Fsp3) is 0.556. The van der Waals surface area contributed by atoms with Crippen molar-refractivity contribution in [3.63, 3.8) is 0 Å². The van der Waals surface area contributed by atoms with E-state index in [0.29, 0.717) is 4.91 Å². The molecular formula is C9H16O2S. The van der Waals surface area contributed by atoms with Crippen molar-refractivity contribution >= 4 is 9.84 Å². The summed E-state index contributed by atoms with van der Waals surface area (Å²) in [7, 11) is -3.05. The Labute approximate surface area is 74.9 Å². The molecule has 0 heterocycles. The van der Waals surface area contributed by atoms with Gasteiger partial charge in [0.05, 0.1) is 4.91 Å². The molecule has 0 fully saturated rings. The lowest BCUT2D eigenvalue weighted by atomic mass is 10.2. The minimum atomic E-state index is -3.05. The topological polar surface area (TPSA) is 34.1 Å². The van der Waals surface area contributed by atoms with E-state index in [2.05, 4.69) is 0 Å². The number of rotatable bonds is 3. The summed E-state index contributed by atoms with van der Waals surface area (Å²) in [5, 5.41) is 0. The van der Waals surface area contributed by atoms with Crippen LogP contribution in [0.4, 0.5) is 0 Å². The third kappa shape index (κ3) is 3.22. The molecule has 0 aliphatic heterocycles. The fourth-order valence-electron chi connectivity index (χ4n) is 0.908. The number of sulfone groups is 1. The smallest absolute Gasteiger partial charge is 0.175 e. The molecule has 2 nitrogen and oxygen atoms in total. The highest BCUT2D eigenvalue weighted by Crippen LogP contribution is 2.15. The van der Waals surface area contributed by atoms with Crippen LogP contribution in [-0.4, -0.2) is 14.7 Å². The first-order valence-electron chi connectivity index (χ1n) is 3.96. The first-order chi connectivity index (χ1) is 5.43. The van der Waals surface area contributed by atoms with Crippen LogP contribution >= 0.6 is 0 Å². The summed E-state index contributed by atoms with van der Waals surface area (Å²) in [6.45, 7) is 5.61. The quantitative estimate of drug-likeness (QED) is 0.637. The maximum atomic E-state index is 11.2. The summed E-state index contributed by atoms with van der Waals surface area (Å²) >= 11 is 0. The zero-order chi connectivity index (χ0) is 9.78. The van der Waals surface area contributed by atoms with Gasteiger partial charge >= 0.3 is 0 Å². The van der Waals surface area contributed by atoms with E-state index >= 15 is 0 Å². The van der Waals surface area contributed by atoms with Crippen LogP contribution < -0.4 is 0 Å². The predicted molar refractivity (Wildman–Crippen MR) is 52.6 cm³/mol. The van der Waals surface area contributed by atoms with Crippen LogP contribution in [0.1, 0.15) is 27.2 Å². The first-order valence-corrected chi connectivity index (χ1v) is 5.85. The van der Waals surface area contributed by atoms with Gasteiger partial charge in [-0.3, -0.25) is 0 Å². The highest BCUT2D eigenvalue weighted by Gasteiger charge is 2.09. The molecule has 0 aliphatic rings. The number of hydrogen-bond acceptors (Lipinski definition) is 2. The largest absolute Gasteiger partial charge is 0.224 e. The zero-order valence-electron chi connectivity index (χ0n) is 8.09. The lowest BCUT2D eigenvalue weighted by Crippen LogP contribution is -2.01. The Morgan fingerprint density at radius 3 is 2.17 bits per heavy atom. The molecule has 0 unspecified atom stereocenters. The van der Waals surface area contributed by atoms with Gasteiger partial charge in [-0.1, -0.05) is 18.6 Å². The van der Waals surface area contributed by atoms with Crippen molar-refractivity contribution in [1.29, 1.82) is 0 Å². The van der Waals surface area contributed by atoms with Crippen LogP contribution in [0.25, 0.3) is 0 Å². The minimum Gasteiger partial charge on any atom is -0.224 e. The van der Waals surface area contributed by atoms with E-state index in [4.69, 9.17) is 0 Å². The molecule has 0 bridgehead atoms. The van der Waals surface area contributed by atoms with E-state index in [9.17, 15) is 8.42 Å². The van der Waals surface area contributed by atoms with E-state index in [0.717, 1.165) is 12.0 Å². The van der Waals surface area contributed by atoms with Crippen LogP contribution in [-0.2, 0) is 9.84 Å². The summed E-state index contributed by atoms with van der Waals surface area (Å²) in [4.78, 5) is 0.451. The Hall–Kier alpha value is -0.570. The van der Waals surface area contributed by atoms with E-state index < -0.39 is 9.84 Å². The molecule has 0 saturated heterocycles. The Kier molecular flexibility index (Phi) is 4.24. The number of allylic oxidation sites excluding steroid dienone is 3. The molecule has 0 N–H and O–H groups in total. The highest BCUT2D eigenvalue weighted by molar-refractivity contribution is 7.94. The lowest BCUT2D eigenvalue weighted by Gasteiger charge is -2.03. The second-order valence-electron chi connectivity index (χ2n) is 2.77. The minimum absolute atomic E-state index is 0.451. The van der Waals surface area contributed by atoms with Gasteiger partial charge in [-0.25, -0.2) is 8.42 Å². The van der Waals surface area contributed by atoms with Crippen molar-refractivity contribution in [3.8, 4) is 0 Å². The second kappa shape index (κ2) is 4.45. The third-order valence-electron chi connectivity index (χ3n) is 1.67. The van der Waals surface area contributed by atoms with Crippen LogP contribution in [0.2, 0.25) is 0 Å². The monoisotopic (exact) mass is 188 g/mol. The average molecular weight is 188 g/mol. The summed E-state index contributed by atoms with van der Waals surface area (Å²) in [6.07, 6.45) is 5.40. The van der Waals surface area contributed by atoms with Crippen molar-refractivity contribution < 1.29 is 8.42 Å². The van der Waals surface area contributed by atoms with Gasteiger partial charge in [0, 0.05) is 6.26 Å². The maximum absolute atomic E-state index is 11.2. The van der Waals surface area contributed by atoms with Gasteiger partial charge in [0.1, 0.15) is 0 Å². The van der Waals surface area contributed by atoms with Crippen molar-refractivity contribution in [2.45, 2.75) is 27.2 Å². The molecule has 0 saturated carbocycles. The van der Waals surface area contributed by atoms with Crippen LogP contribution in [0.15, 0.2) is 22.6 Å². The number of hydrogen-bond donors (Lipinski definition) is 0. The zero-order valence-corrected chi connectivity index (χ0v) is 8.90. The van der Waals surface area contributed by atoms with E-state index in [-0.39, 0.29) is 0 Å². The lowest BCUT2D eigenvalue weighted by molar-refractivity contribution is 0.608. The Bertz CT molecular complexity index is 294. The molecule has 3 heteroatoms. The predicted octanol–water partition coefficient (Wildman–Crippen LogP) is 2.29.